The van der Waals surface area contributed by atoms with Gasteiger partial charge >= 0.3 is 6.03 Å². The molecule has 1 aromatic rings. The molecule has 3 amide bonds. The standard InChI is InChI=1S/C19H27N3O2/c23-18(21-19(24)20-17-9-5-2-6-10-17)14-22-12-11-16(13-22)15-7-3-1-4-8-15/h1,3-4,7-8,16-17H,2,5-6,9-14H2,(H2,20,21,23,24). The van der Waals surface area contributed by atoms with Crippen molar-refractivity contribution in [2.45, 2.75) is 50.5 Å². The molecule has 2 fully saturated rings. The molecule has 0 bridgehead atoms. The van der Waals surface area contributed by atoms with Gasteiger partial charge in [-0.2, -0.15) is 0 Å². The number of nitrogens with zero attached hydrogens (tertiary/aromatic N) is 1. The number of amides is 3. The highest BCUT2D eigenvalue weighted by Gasteiger charge is 2.25. The van der Waals surface area contributed by atoms with E-state index in [1.54, 1.807) is 0 Å². The van der Waals surface area contributed by atoms with Gasteiger partial charge in [-0.05, 0) is 37.3 Å². The summed E-state index contributed by atoms with van der Waals surface area (Å²) >= 11 is 0. The Balaban J connectivity index is 1.40. The van der Waals surface area contributed by atoms with Crippen molar-refractivity contribution in [3.8, 4) is 0 Å². The van der Waals surface area contributed by atoms with Crippen LogP contribution in [-0.2, 0) is 4.79 Å². The molecule has 0 radical (unpaired) electrons. The molecule has 5 heteroatoms. The summed E-state index contributed by atoms with van der Waals surface area (Å²) in [4.78, 5) is 26.1. The van der Waals surface area contributed by atoms with Crippen LogP contribution in [0, 0.1) is 0 Å². The van der Waals surface area contributed by atoms with E-state index in [1.165, 1.54) is 12.0 Å². The first kappa shape index (κ1) is 17.0. The number of carbonyl (C=O) groups excluding carboxylic acids is 2. The number of hydrogen-bond donors (Lipinski definition) is 2. The minimum Gasteiger partial charge on any atom is -0.335 e. The highest BCUT2D eigenvalue weighted by atomic mass is 16.2. The highest BCUT2D eigenvalue weighted by molar-refractivity contribution is 5.95. The molecule has 5 nitrogen and oxygen atoms in total. The lowest BCUT2D eigenvalue weighted by molar-refractivity contribution is -0.120. The fraction of sp³-hybridized carbons (Fsp3) is 0.579. The molecule has 0 spiro atoms. The molecule has 1 atom stereocenters. The van der Waals surface area contributed by atoms with Gasteiger partial charge in [-0.25, -0.2) is 4.79 Å². The molecule has 0 aromatic heterocycles. The van der Waals surface area contributed by atoms with E-state index in [1.807, 2.05) is 6.07 Å². The van der Waals surface area contributed by atoms with E-state index in [9.17, 15) is 9.59 Å². The Labute approximate surface area is 143 Å². The Morgan fingerprint density at radius 3 is 2.54 bits per heavy atom. The quantitative estimate of drug-likeness (QED) is 0.893. The molecule has 24 heavy (non-hydrogen) atoms. The Hall–Kier alpha value is -1.88. The Morgan fingerprint density at radius 1 is 1.04 bits per heavy atom. The largest absolute Gasteiger partial charge is 0.335 e. The van der Waals surface area contributed by atoms with Crippen LogP contribution in [0.5, 0.6) is 0 Å². The summed E-state index contributed by atoms with van der Waals surface area (Å²) in [5, 5.41) is 5.40. The zero-order valence-corrected chi connectivity index (χ0v) is 14.2. The third kappa shape index (κ3) is 4.81. The first-order valence-corrected chi connectivity index (χ1v) is 9.08. The number of imide groups is 1. The number of carbonyl (C=O) groups is 2. The lowest BCUT2D eigenvalue weighted by Gasteiger charge is -2.23. The van der Waals surface area contributed by atoms with Crippen LogP contribution in [0.3, 0.4) is 0 Å². The number of likely N-dealkylation sites (tertiary alicyclic amines) is 1. The van der Waals surface area contributed by atoms with Gasteiger partial charge in [-0.15, -0.1) is 0 Å². The summed E-state index contributed by atoms with van der Waals surface area (Å²) in [6.07, 6.45) is 6.67. The average molecular weight is 329 g/mol. The van der Waals surface area contributed by atoms with E-state index in [-0.39, 0.29) is 18.0 Å². The van der Waals surface area contributed by atoms with Gasteiger partial charge in [0.1, 0.15) is 0 Å². The van der Waals surface area contributed by atoms with Crippen molar-refractivity contribution in [1.82, 2.24) is 15.5 Å². The van der Waals surface area contributed by atoms with E-state index in [2.05, 4.69) is 39.8 Å². The second-order valence-corrected chi connectivity index (χ2v) is 6.99. The predicted octanol–water partition coefficient (Wildman–Crippen LogP) is 2.63. The van der Waals surface area contributed by atoms with Gasteiger partial charge in [0.15, 0.2) is 0 Å². The minimum absolute atomic E-state index is 0.211. The number of benzene rings is 1. The van der Waals surface area contributed by atoms with E-state index in [4.69, 9.17) is 0 Å². The molecule has 1 saturated heterocycles. The number of nitrogens with one attached hydrogen (secondary N) is 2. The van der Waals surface area contributed by atoms with Crippen LogP contribution >= 0.6 is 0 Å². The van der Waals surface area contributed by atoms with Crippen LogP contribution in [-0.4, -0.2) is 42.5 Å². The van der Waals surface area contributed by atoms with Gasteiger partial charge in [0.25, 0.3) is 0 Å². The van der Waals surface area contributed by atoms with Crippen LogP contribution < -0.4 is 10.6 Å². The monoisotopic (exact) mass is 329 g/mol. The van der Waals surface area contributed by atoms with Crippen LogP contribution in [0.25, 0.3) is 0 Å². The third-order valence-electron chi connectivity index (χ3n) is 5.10. The van der Waals surface area contributed by atoms with Gasteiger partial charge in [0, 0.05) is 12.6 Å². The Morgan fingerprint density at radius 2 is 1.79 bits per heavy atom. The van der Waals surface area contributed by atoms with Gasteiger partial charge in [0.2, 0.25) is 5.91 Å². The second kappa shape index (κ2) is 8.29. The van der Waals surface area contributed by atoms with Gasteiger partial charge in [-0.1, -0.05) is 49.6 Å². The number of urea groups is 1. The first-order chi connectivity index (χ1) is 11.7. The summed E-state index contributed by atoms with van der Waals surface area (Å²) in [6, 6.07) is 10.3. The maximum atomic E-state index is 12.1. The van der Waals surface area contributed by atoms with E-state index >= 15 is 0 Å². The van der Waals surface area contributed by atoms with Crippen molar-refractivity contribution in [2.75, 3.05) is 19.6 Å². The first-order valence-electron chi connectivity index (χ1n) is 9.08. The molecule has 1 aliphatic carbocycles. The molecule has 1 heterocycles. The van der Waals surface area contributed by atoms with Crippen molar-refractivity contribution >= 4 is 11.9 Å². The number of hydrogen-bond acceptors (Lipinski definition) is 3. The molecule has 2 aliphatic rings. The smallest absolute Gasteiger partial charge is 0.321 e. The predicted molar refractivity (Wildman–Crippen MR) is 93.8 cm³/mol. The van der Waals surface area contributed by atoms with Crippen LogP contribution in [0.15, 0.2) is 30.3 Å². The van der Waals surface area contributed by atoms with Crippen LogP contribution in [0.4, 0.5) is 4.79 Å². The fourth-order valence-corrected chi connectivity index (χ4v) is 3.81. The molecule has 3 rings (SSSR count). The Bertz CT molecular complexity index is 555. The average Bonchev–Trinajstić information content (AvgIpc) is 3.04. The van der Waals surface area contributed by atoms with E-state index in [0.29, 0.717) is 12.5 Å². The van der Waals surface area contributed by atoms with Crippen molar-refractivity contribution in [3.05, 3.63) is 35.9 Å². The van der Waals surface area contributed by atoms with Crippen molar-refractivity contribution in [1.29, 1.82) is 0 Å². The lowest BCUT2D eigenvalue weighted by atomic mass is 9.96. The van der Waals surface area contributed by atoms with Crippen molar-refractivity contribution in [3.63, 3.8) is 0 Å². The van der Waals surface area contributed by atoms with Crippen LogP contribution in [0.2, 0.25) is 0 Å². The van der Waals surface area contributed by atoms with E-state index in [0.717, 1.165) is 45.2 Å². The van der Waals surface area contributed by atoms with Gasteiger partial charge < -0.3 is 5.32 Å². The van der Waals surface area contributed by atoms with Crippen LogP contribution in [0.1, 0.15) is 50.0 Å². The summed E-state index contributed by atoms with van der Waals surface area (Å²) < 4.78 is 0. The summed E-state index contributed by atoms with van der Waals surface area (Å²) in [5.41, 5.74) is 1.33. The van der Waals surface area contributed by atoms with Crippen molar-refractivity contribution < 1.29 is 9.59 Å². The summed E-state index contributed by atoms with van der Waals surface area (Å²) in [6.45, 7) is 2.07. The second-order valence-electron chi connectivity index (χ2n) is 6.99. The SMILES string of the molecule is O=C(CN1CCC(c2ccccc2)C1)NC(=O)NC1CCCCC1. The zero-order chi connectivity index (χ0) is 16.8. The lowest BCUT2D eigenvalue weighted by Crippen LogP contribution is -2.47. The molecule has 1 aromatic carbocycles. The normalized spacial score (nSPS) is 22.2. The van der Waals surface area contributed by atoms with Gasteiger partial charge in [0.05, 0.1) is 6.54 Å². The summed E-state index contributed by atoms with van der Waals surface area (Å²) in [7, 11) is 0. The molecule has 1 aliphatic heterocycles. The molecule has 1 saturated carbocycles. The minimum atomic E-state index is -0.342. The topological polar surface area (TPSA) is 61.4 Å². The fourth-order valence-electron chi connectivity index (χ4n) is 3.81. The summed E-state index contributed by atoms with van der Waals surface area (Å²) in [5.74, 6) is 0.270. The highest BCUT2D eigenvalue weighted by Crippen LogP contribution is 2.26. The zero-order valence-electron chi connectivity index (χ0n) is 14.2. The molecule has 2 N–H and O–H groups in total. The Kier molecular flexibility index (Phi) is 5.86. The molecular formula is C19H27N3O2. The maximum Gasteiger partial charge on any atom is 0.321 e. The van der Waals surface area contributed by atoms with Gasteiger partial charge in [-0.3, -0.25) is 15.0 Å². The van der Waals surface area contributed by atoms with E-state index < -0.39 is 0 Å². The molecule has 130 valence electrons. The maximum absolute atomic E-state index is 12.1. The number of rotatable bonds is 4. The molecule has 1 unspecified atom stereocenters. The molecular weight excluding hydrogens is 302 g/mol. The third-order valence-corrected chi connectivity index (χ3v) is 5.10. The van der Waals surface area contributed by atoms with Crippen molar-refractivity contribution in [2.24, 2.45) is 0 Å².